The Kier molecular flexibility index (Phi) is 7.73. The van der Waals surface area contributed by atoms with Crippen molar-refractivity contribution in [3.8, 4) is 17.2 Å². The summed E-state index contributed by atoms with van der Waals surface area (Å²) in [6.07, 6.45) is 1.62. The predicted molar refractivity (Wildman–Crippen MR) is 123 cm³/mol. The van der Waals surface area contributed by atoms with E-state index in [2.05, 4.69) is 15.0 Å². The molecule has 3 aromatic rings. The summed E-state index contributed by atoms with van der Waals surface area (Å²) in [5.41, 5.74) is 0.765. The summed E-state index contributed by atoms with van der Waals surface area (Å²) in [7, 11) is -1.16. The lowest BCUT2D eigenvalue weighted by molar-refractivity contribution is 0.0951. The van der Waals surface area contributed by atoms with Crippen LogP contribution in [0.25, 0.3) is 0 Å². The first-order valence-corrected chi connectivity index (χ1v) is 11.6. The molecule has 0 fully saturated rings. The number of amides is 1. The number of rotatable bonds is 10. The summed E-state index contributed by atoms with van der Waals surface area (Å²) in [5.74, 6) is 0.593. The Labute approximate surface area is 192 Å². The zero-order valence-corrected chi connectivity index (χ0v) is 19.3. The second-order valence-corrected chi connectivity index (χ2v) is 8.45. The molecule has 0 saturated carbocycles. The molecule has 1 amide bonds. The minimum absolute atomic E-state index is 0.0144. The third-order valence-electron chi connectivity index (χ3n) is 4.61. The van der Waals surface area contributed by atoms with Crippen LogP contribution in [0.4, 0.5) is 5.69 Å². The summed E-state index contributed by atoms with van der Waals surface area (Å²) in [5, 5.41) is 2.74. The molecular weight excluding hydrogens is 446 g/mol. The predicted octanol–water partition coefficient (Wildman–Crippen LogP) is 3.23. The molecule has 9 nitrogen and oxygen atoms in total. The maximum absolute atomic E-state index is 13.0. The summed E-state index contributed by atoms with van der Waals surface area (Å²) in [6, 6.07) is 14.1. The minimum atomic E-state index is -4.01. The summed E-state index contributed by atoms with van der Waals surface area (Å²) < 4.78 is 44.4. The van der Waals surface area contributed by atoms with E-state index in [1.165, 1.54) is 38.5 Å². The van der Waals surface area contributed by atoms with Crippen molar-refractivity contribution in [1.29, 1.82) is 0 Å². The third kappa shape index (κ3) is 5.92. The van der Waals surface area contributed by atoms with Gasteiger partial charge < -0.3 is 19.5 Å². The Hall–Kier alpha value is -3.79. The molecule has 0 saturated heterocycles. The fraction of sp³-hybridized carbons (Fsp3) is 0.217. The standard InChI is InChI=1S/C23H25N3O6S/c1-4-32-17-8-10-18(11-9-17)33(28,29)26-20-14-22(31-3)21(30-2)13-19(20)23(27)25-15-16-7-5-6-12-24-16/h5-14,26H,4,15H2,1-3H3,(H,25,27). The van der Waals surface area contributed by atoms with E-state index in [1.54, 1.807) is 36.5 Å². The monoisotopic (exact) mass is 471 g/mol. The number of nitrogens with zero attached hydrogens (tertiary/aromatic N) is 1. The highest BCUT2D eigenvalue weighted by Gasteiger charge is 2.22. The number of benzene rings is 2. The van der Waals surface area contributed by atoms with Crippen LogP contribution in [0.2, 0.25) is 0 Å². The van der Waals surface area contributed by atoms with E-state index < -0.39 is 15.9 Å². The number of methoxy groups -OCH3 is 2. The van der Waals surface area contributed by atoms with Gasteiger partial charge in [0.05, 0.1) is 49.2 Å². The van der Waals surface area contributed by atoms with Crippen LogP contribution in [0.1, 0.15) is 23.0 Å². The summed E-state index contributed by atoms with van der Waals surface area (Å²) in [4.78, 5) is 17.1. The van der Waals surface area contributed by atoms with Crippen LogP contribution in [0.15, 0.2) is 65.7 Å². The normalized spacial score (nSPS) is 10.9. The SMILES string of the molecule is CCOc1ccc(S(=O)(=O)Nc2cc(OC)c(OC)cc2C(=O)NCc2ccccn2)cc1. The van der Waals surface area contributed by atoms with E-state index in [0.29, 0.717) is 18.1 Å². The molecule has 0 bridgehead atoms. The second kappa shape index (κ2) is 10.7. The first-order chi connectivity index (χ1) is 15.9. The topological polar surface area (TPSA) is 116 Å². The van der Waals surface area contributed by atoms with Gasteiger partial charge in [0.25, 0.3) is 15.9 Å². The van der Waals surface area contributed by atoms with Gasteiger partial charge in [0.1, 0.15) is 5.75 Å². The van der Waals surface area contributed by atoms with Crippen LogP contribution < -0.4 is 24.2 Å². The van der Waals surface area contributed by atoms with Gasteiger partial charge in [-0.2, -0.15) is 0 Å². The second-order valence-electron chi connectivity index (χ2n) is 6.77. The highest BCUT2D eigenvalue weighted by Crippen LogP contribution is 2.34. The highest BCUT2D eigenvalue weighted by molar-refractivity contribution is 7.92. The number of ether oxygens (including phenoxy) is 3. The van der Waals surface area contributed by atoms with Gasteiger partial charge in [0.15, 0.2) is 11.5 Å². The van der Waals surface area contributed by atoms with Gasteiger partial charge in [-0.05, 0) is 49.4 Å². The third-order valence-corrected chi connectivity index (χ3v) is 6.00. The number of carbonyl (C=O) groups is 1. The number of pyridine rings is 1. The van der Waals surface area contributed by atoms with Gasteiger partial charge in [-0.25, -0.2) is 8.42 Å². The Morgan fingerprint density at radius 3 is 2.30 bits per heavy atom. The Morgan fingerprint density at radius 2 is 1.70 bits per heavy atom. The van der Waals surface area contributed by atoms with Crippen LogP contribution in [-0.2, 0) is 16.6 Å². The molecule has 0 aliphatic carbocycles. The van der Waals surface area contributed by atoms with Gasteiger partial charge in [-0.15, -0.1) is 0 Å². The molecule has 10 heteroatoms. The zero-order chi connectivity index (χ0) is 23.8. The van der Waals surface area contributed by atoms with Gasteiger partial charge in [0, 0.05) is 12.3 Å². The molecule has 0 spiro atoms. The van der Waals surface area contributed by atoms with Crippen molar-refractivity contribution in [2.45, 2.75) is 18.4 Å². The van der Waals surface area contributed by atoms with Gasteiger partial charge in [0.2, 0.25) is 0 Å². The fourth-order valence-corrected chi connectivity index (χ4v) is 4.08. The smallest absolute Gasteiger partial charge is 0.261 e. The minimum Gasteiger partial charge on any atom is -0.494 e. The molecule has 2 aromatic carbocycles. The lowest BCUT2D eigenvalue weighted by Crippen LogP contribution is -2.25. The van der Waals surface area contributed by atoms with Crippen LogP contribution in [0, 0.1) is 0 Å². The van der Waals surface area contributed by atoms with E-state index >= 15 is 0 Å². The molecule has 0 atom stereocenters. The van der Waals surface area contributed by atoms with Gasteiger partial charge in [-0.3, -0.25) is 14.5 Å². The summed E-state index contributed by atoms with van der Waals surface area (Å²) >= 11 is 0. The van der Waals surface area contributed by atoms with Crippen molar-refractivity contribution in [2.24, 2.45) is 0 Å². The zero-order valence-electron chi connectivity index (χ0n) is 18.5. The highest BCUT2D eigenvalue weighted by atomic mass is 32.2. The number of nitrogens with one attached hydrogen (secondary N) is 2. The molecule has 1 heterocycles. The maximum Gasteiger partial charge on any atom is 0.261 e. The maximum atomic E-state index is 13.0. The molecule has 174 valence electrons. The average molecular weight is 472 g/mol. The van der Waals surface area contributed by atoms with E-state index in [-0.39, 0.29) is 34.2 Å². The van der Waals surface area contributed by atoms with Crippen LogP contribution >= 0.6 is 0 Å². The molecule has 0 unspecified atom stereocenters. The number of hydrogen-bond acceptors (Lipinski definition) is 7. The van der Waals surface area contributed by atoms with Crippen LogP contribution in [0.3, 0.4) is 0 Å². The number of hydrogen-bond donors (Lipinski definition) is 2. The lowest BCUT2D eigenvalue weighted by Gasteiger charge is -2.16. The van der Waals surface area contributed by atoms with Crippen molar-refractivity contribution < 1.29 is 27.4 Å². The molecule has 3 rings (SSSR count). The molecule has 33 heavy (non-hydrogen) atoms. The van der Waals surface area contributed by atoms with Crippen molar-refractivity contribution in [1.82, 2.24) is 10.3 Å². The largest absolute Gasteiger partial charge is 0.494 e. The molecular formula is C23H25N3O6S. The lowest BCUT2D eigenvalue weighted by atomic mass is 10.1. The van der Waals surface area contributed by atoms with Crippen molar-refractivity contribution in [3.05, 3.63) is 72.1 Å². The van der Waals surface area contributed by atoms with Crippen molar-refractivity contribution in [3.63, 3.8) is 0 Å². The van der Waals surface area contributed by atoms with E-state index in [9.17, 15) is 13.2 Å². The number of sulfonamides is 1. The quantitative estimate of drug-likeness (QED) is 0.466. The van der Waals surface area contributed by atoms with Gasteiger partial charge in [-0.1, -0.05) is 6.07 Å². The Bertz CT molecular complexity index is 1200. The van der Waals surface area contributed by atoms with Crippen molar-refractivity contribution >= 4 is 21.6 Å². The van der Waals surface area contributed by atoms with Crippen LogP contribution in [0.5, 0.6) is 17.2 Å². The van der Waals surface area contributed by atoms with Gasteiger partial charge >= 0.3 is 0 Å². The molecule has 2 N–H and O–H groups in total. The average Bonchev–Trinajstić information content (AvgIpc) is 2.83. The number of aromatic nitrogens is 1. The van der Waals surface area contributed by atoms with Crippen LogP contribution in [-0.4, -0.2) is 40.1 Å². The summed E-state index contributed by atoms with van der Waals surface area (Å²) in [6.45, 7) is 2.47. The van der Waals surface area contributed by atoms with E-state index in [1.807, 2.05) is 6.92 Å². The molecule has 0 aliphatic heterocycles. The molecule has 0 radical (unpaired) electrons. The number of anilines is 1. The Morgan fingerprint density at radius 1 is 1.00 bits per heavy atom. The fourth-order valence-electron chi connectivity index (χ4n) is 3.01. The first-order valence-electron chi connectivity index (χ1n) is 10.1. The number of carbonyl (C=O) groups excluding carboxylic acids is 1. The first kappa shape index (κ1) is 23.9. The Balaban J connectivity index is 1.92. The van der Waals surface area contributed by atoms with E-state index in [4.69, 9.17) is 14.2 Å². The van der Waals surface area contributed by atoms with Crippen molar-refractivity contribution in [2.75, 3.05) is 25.5 Å². The van der Waals surface area contributed by atoms with E-state index in [0.717, 1.165) is 0 Å². The molecule has 0 aliphatic rings. The molecule has 1 aromatic heterocycles.